The van der Waals surface area contributed by atoms with Crippen LogP contribution in [0, 0.1) is 17.2 Å². The molecule has 0 aliphatic carbocycles. The SMILES string of the molecule is CCC(C#N)NCC(C)CO. The van der Waals surface area contributed by atoms with Crippen LogP contribution in [0.4, 0.5) is 0 Å². The maximum Gasteiger partial charge on any atom is 0.0950 e. The van der Waals surface area contributed by atoms with Crippen LogP contribution in [-0.4, -0.2) is 24.3 Å². The summed E-state index contributed by atoms with van der Waals surface area (Å²) in [6, 6.07) is 2.07. The Bertz CT molecular complexity index is 131. The molecule has 0 aromatic heterocycles. The predicted molar refractivity (Wildman–Crippen MR) is 43.9 cm³/mol. The van der Waals surface area contributed by atoms with Crippen molar-refractivity contribution in [2.45, 2.75) is 26.3 Å². The molecule has 0 aliphatic rings. The van der Waals surface area contributed by atoms with Crippen LogP contribution in [0.1, 0.15) is 20.3 Å². The minimum Gasteiger partial charge on any atom is -0.396 e. The molecule has 2 unspecified atom stereocenters. The van der Waals surface area contributed by atoms with Crippen molar-refractivity contribution >= 4 is 0 Å². The fourth-order valence-electron chi connectivity index (χ4n) is 0.689. The number of rotatable bonds is 5. The molecule has 0 spiro atoms. The number of nitrogens with one attached hydrogen (secondary N) is 1. The van der Waals surface area contributed by atoms with Crippen molar-refractivity contribution in [1.29, 1.82) is 5.26 Å². The van der Waals surface area contributed by atoms with E-state index in [4.69, 9.17) is 10.4 Å². The summed E-state index contributed by atoms with van der Waals surface area (Å²) in [6.07, 6.45) is 0.814. The number of aliphatic hydroxyl groups excluding tert-OH is 1. The fraction of sp³-hybridized carbons (Fsp3) is 0.875. The van der Waals surface area contributed by atoms with E-state index >= 15 is 0 Å². The van der Waals surface area contributed by atoms with Crippen molar-refractivity contribution < 1.29 is 5.11 Å². The van der Waals surface area contributed by atoms with Gasteiger partial charge in [0.05, 0.1) is 12.1 Å². The molecule has 0 saturated heterocycles. The van der Waals surface area contributed by atoms with Crippen LogP contribution in [-0.2, 0) is 0 Å². The van der Waals surface area contributed by atoms with Crippen LogP contribution in [0.25, 0.3) is 0 Å². The van der Waals surface area contributed by atoms with Gasteiger partial charge < -0.3 is 10.4 Å². The molecule has 0 aliphatic heterocycles. The summed E-state index contributed by atoms with van der Waals surface area (Å²) < 4.78 is 0. The lowest BCUT2D eigenvalue weighted by molar-refractivity contribution is 0.232. The third kappa shape index (κ3) is 4.77. The minimum absolute atomic E-state index is 0.0657. The Hall–Kier alpha value is -0.590. The lowest BCUT2D eigenvalue weighted by Crippen LogP contribution is -2.31. The largest absolute Gasteiger partial charge is 0.396 e. The first-order valence-electron chi connectivity index (χ1n) is 3.98. The second-order valence-electron chi connectivity index (χ2n) is 2.79. The number of aliphatic hydroxyl groups is 1. The molecule has 0 bridgehead atoms. The van der Waals surface area contributed by atoms with Crippen LogP contribution in [0.2, 0.25) is 0 Å². The van der Waals surface area contributed by atoms with Gasteiger partial charge in [-0.2, -0.15) is 5.26 Å². The highest BCUT2D eigenvalue weighted by atomic mass is 16.3. The van der Waals surface area contributed by atoms with Gasteiger partial charge in [-0.15, -0.1) is 0 Å². The van der Waals surface area contributed by atoms with E-state index in [1.54, 1.807) is 0 Å². The smallest absolute Gasteiger partial charge is 0.0950 e. The average molecular weight is 156 g/mol. The molecule has 2 atom stereocenters. The Kier molecular flexibility index (Phi) is 5.81. The van der Waals surface area contributed by atoms with Gasteiger partial charge in [0.15, 0.2) is 0 Å². The molecule has 0 aromatic rings. The molecule has 0 heterocycles. The molecule has 64 valence electrons. The number of nitriles is 1. The number of hydrogen-bond acceptors (Lipinski definition) is 3. The molecule has 3 nitrogen and oxygen atoms in total. The number of hydrogen-bond donors (Lipinski definition) is 2. The molecule has 0 radical (unpaired) electrons. The molecular weight excluding hydrogens is 140 g/mol. The van der Waals surface area contributed by atoms with Gasteiger partial charge in [-0.25, -0.2) is 0 Å². The van der Waals surface area contributed by atoms with Crippen LogP contribution >= 0.6 is 0 Å². The zero-order chi connectivity index (χ0) is 8.69. The zero-order valence-electron chi connectivity index (χ0n) is 7.17. The Balaban J connectivity index is 3.44. The fourth-order valence-corrected chi connectivity index (χ4v) is 0.689. The van der Waals surface area contributed by atoms with Crippen molar-refractivity contribution in [3.63, 3.8) is 0 Å². The van der Waals surface area contributed by atoms with Crippen LogP contribution in [0.5, 0.6) is 0 Å². The van der Waals surface area contributed by atoms with Gasteiger partial charge in [0.25, 0.3) is 0 Å². The van der Waals surface area contributed by atoms with E-state index in [0.717, 1.165) is 6.42 Å². The van der Waals surface area contributed by atoms with Crippen LogP contribution in [0.15, 0.2) is 0 Å². The third-order valence-electron chi connectivity index (χ3n) is 1.59. The van der Waals surface area contributed by atoms with Crippen molar-refractivity contribution in [3.05, 3.63) is 0 Å². The first kappa shape index (κ1) is 10.4. The zero-order valence-corrected chi connectivity index (χ0v) is 7.17. The van der Waals surface area contributed by atoms with Gasteiger partial charge in [0, 0.05) is 13.2 Å². The summed E-state index contributed by atoms with van der Waals surface area (Å²) in [5, 5.41) is 20.3. The monoisotopic (exact) mass is 156 g/mol. The second-order valence-corrected chi connectivity index (χ2v) is 2.79. The van der Waals surface area contributed by atoms with E-state index in [9.17, 15) is 0 Å². The highest BCUT2D eigenvalue weighted by Crippen LogP contribution is 1.93. The first-order valence-corrected chi connectivity index (χ1v) is 3.98. The van der Waals surface area contributed by atoms with Crippen molar-refractivity contribution in [2.24, 2.45) is 5.92 Å². The van der Waals surface area contributed by atoms with Gasteiger partial charge >= 0.3 is 0 Å². The molecule has 11 heavy (non-hydrogen) atoms. The molecule has 3 heteroatoms. The predicted octanol–water partition coefficient (Wildman–Crippen LogP) is 0.507. The third-order valence-corrected chi connectivity index (χ3v) is 1.59. The maximum absolute atomic E-state index is 8.67. The normalized spacial score (nSPS) is 15.5. The molecule has 0 saturated carbocycles. The summed E-state index contributed by atoms with van der Waals surface area (Å²) in [5.41, 5.74) is 0. The Morgan fingerprint density at radius 1 is 1.64 bits per heavy atom. The van der Waals surface area contributed by atoms with Crippen molar-refractivity contribution in [2.75, 3.05) is 13.2 Å². The highest BCUT2D eigenvalue weighted by molar-refractivity contribution is 4.88. The van der Waals surface area contributed by atoms with Gasteiger partial charge in [-0.1, -0.05) is 13.8 Å². The molecule has 0 amide bonds. The first-order chi connectivity index (χ1) is 5.24. The summed E-state index contributed by atoms with van der Waals surface area (Å²) in [7, 11) is 0. The van der Waals surface area contributed by atoms with Gasteiger partial charge in [0.2, 0.25) is 0 Å². The lowest BCUT2D eigenvalue weighted by Gasteiger charge is -2.12. The topological polar surface area (TPSA) is 56.0 Å². The Morgan fingerprint density at radius 3 is 2.64 bits per heavy atom. The molecule has 0 aromatic carbocycles. The Morgan fingerprint density at radius 2 is 2.27 bits per heavy atom. The van der Waals surface area contributed by atoms with Gasteiger partial charge in [-0.3, -0.25) is 0 Å². The van der Waals surface area contributed by atoms with E-state index in [1.807, 2.05) is 13.8 Å². The van der Waals surface area contributed by atoms with E-state index in [-0.39, 0.29) is 18.6 Å². The van der Waals surface area contributed by atoms with Crippen LogP contribution in [0.3, 0.4) is 0 Å². The highest BCUT2D eigenvalue weighted by Gasteiger charge is 2.04. The van der Waals surface area contributed by atoms with E-state index in [1.165, 1.54) is 0 Å². The Labute approximate surface area is 68.0 Å². The molecule has 0 fully saturated rings. The van der Waals surface area contributed by atoms with E-state index < -0.39 is 0 Å². The summed E-state index contributed by atoms with van der Waals surface area (Å²) in [5.74, 6) is 0.234. The average Bonchev–Trinajstić information content (AvgIpc) is 2.06. The van der Waals surface area contributed by atoms with Gasteiger partial charge in [0.1, 0.15) is 0 Å². The quantitative estimate of drug-likeness (QED) is 0.609. The summed E-state index contributed by atoms with van der Waals surface area (Å²) in [6.45, 7) is 4.79. The summed E-state index contributed by atoms with van der Waals surface area (Å²) >= 11 is 0. The molecular formula is C8H16N2O. The van der Waals surface area contributed by atoms with Gasteiger partial charge in [-0.05, 0) is 12.3 Å². The van der Waals surface area contributed by atoms with Crippen molar-refractivity contribution in [1.82, 2.24) is 5.32 Å². The molecule has 2 N–H and O–H groups in total. The summed E-state index contributed by atoms with van der Waals surface area (Å²) in [4.78, 5) is 0. The second kappa shape index (κ2) is 6.14. The minimum atomic E-state index is -0.0657. The number of nitrogens with zero attached hydrogens (tertiary/aromatic N) is 1. The van der Waals surface area contributed by atoms with E-state index in [2.05, 4.69) is 11.4 Å². The van der Waals surface area contributed by atoms with Crippen LogP contribution < -0.4 is 5.32 Å². The standard InChI is InChI=1S/C8H16N2O/c1-3-8(4-9)10-5-7(2)6-11/h7-8,10-11H,3,5-6H2,1-2H3. The molecule has 0 rings (SSSR count). The van der Waals surface area contributed by atoms with Crippen molar-refractivity contribution in [3.8, 4) is 6.07 Å². The maximum atomic E-state index is 8.67. The van der Waals surface area contributed by atoms with E-state index in [0.29, 0.717) is 6.54 Å². The lowest BCUT2D eigenvalue weighted by atomic mass is 10.2.